The summed E-state index contributed by atoms with van der Waals surface area (Å²) < 4.78 is 0. The second-order valence-electron chi connectivity index (χ2n) is 5.54. The molecule has 1 aromatic rings. The molecule has 0 saturated carbocycles. The van der Waals surface area contributed by atoms with Gasteiger partial charge in [0.05, 0.1) is 12.1 Å². The van der Waals surface area contributed by atoms with Crippen LogP contribution in [0.15, 0.2) is 30.3 Å². The fourth-order valence-corrected chi connectivity index (χ4v) is 3.03. The quantitative estimate of drug-likeness (QED) is 0.806. The van der Waals surface area contributed by atoms with E-state index in [4.69, 9.17) is 0 Å². The topological polar surface area (TPSA) is 44.4 Å². The van der Waals surface area contributed by atoms with Crippen LogP contribution in [-0.4, -0.2) is 43.0 Å². The van der Waals surface area contributed by atoms with Gasteiger partial charge in [-0.15, -0.1) is 0 Å². The molecule has 21 heavy (non-hydrogen) atoms. The lowest BCUT2D eigenvalue weighted by atomic mass is 10.0. The van der Waals surface area contributed by atoms with Crippen LogP contribution in [0.2, 0.25) is 0 Å². The third-order valence-electron chi connectivity index (χ3n) is 4.28. The summed E-state index contributed by atoms with van der Waals surface area (Å²) >= 11 is 0. The number of carbonyl (C=O) groups is 1. The van der Waals surface area contributed by atoms with Crippen LogP contribution in [0.25, 0.3) is 0 Å². The molecule has 4 heteroatoms. The van der Waals surface area contributed by atoms with E-state index >= 15 is 0 Å². The maximum atomic E-state index is 12.2. The minimum absolute atomic E-state index is 0.00173. The Hall–Kier alpha value is -1.39. The molecular formula is C17H27N3O. The molecule has 0 aromatic heterocycles. The van der Waals surface area contributed by atoms with Gasteiger partial charge in [0.1, 0.15) is 0 Å². The summed E-state index contributed by atoms with van der Waals surface area (Å²) in [4.78, 5) is 14.6. The summed E-state index contributed by atoms with van der Waals surface area (Å²) in [6, 6.07) is 10.7. The summed E-state index contributed by atoms with van der Waals surface area (Å²) in [6.07, 6.45) is 2.04. The van der Waals surface area contributed by atoms with Gasteiger partial charge in [-0.05, 0) is 38.0 Å². The van der Waals surface area contributed by atoms with Crippen molar-refractivity contribution in [1.29, 1.82) is 0 Å². The van der Waals surface area contributed by atoms with Crippen molar-refractivity contribution in [2.45, 2.75) is 38.8 Å². The third kappa shape index (κ3) is 4.29. The van der Waals surface area contributed by atoms with Crippen molar-refractivity contribution >= 4 is 5.91 Å². The van der Waals surface area contributed by atoms with Crippen LogP contribution in [0, 0.1) is 0 Å². The first-order chi connectivity index (χ1) is 10.3. The summed E-state index contributed by atoms with van der Waals surface area (Å²) in [5, 5.41) is 6.38. The van der Waals surface area contributed by atoms with Gasteiger partial charge in [0, 0.05) is 6.54 Å². The molecular weight excluding hydrogens is 262 g/mol. The average Bonchev–Trinajstić information content (AvgIpc) is 3.06. The molecule has 1 amide bonds. The number of benzene rings is 1. The van der Waals surface area contributed by atoms with Gasteiger partial charge in [-0.25, -0.2) is 0 Å². The highest BCUT2D eigenvalue weighted by molar-refractivity contribution is 5.82. The van der Waals surface area contributed by atoms with Crippen LogP contribution < -0.4 is 10.6 Å². The van der Waals surface area contributed by atoms with E-state index in [2.05, 4.69) is 53.6 Å². The van der Waals surface area contributed by atoms with Crippen molar-refractivity contribution in [2.75, 3.05) is 26.2 Å². The average molecular weight is 289 g/mol. The Morgan fingerprint density at radius 2 is 2.05 bits per heavy atom. The van der Waals surface area contributed by atoms with Gasteiger partial charge in [0.25, 0.3) is 0 Å². The Kier molecular flexibility index (Phi) is 6.21. The zero-order valence-corrected chi connectivity index (χ0v) is 13.1. The first-order valence-electron chi connectivity index (χ1n) is 8.06. The second-order valence-corrected chi connectivity index (χ2v) is 5.54. The van der Waals surface area contributed by atoms with E-state index in [0.717, 1.165) is 32.5 Å². The minimum Gasteiger partial charge on any atom is -0.353 e. The Bertz CT molecular complexity index is 425. The molecule has 0 bridgehead atoms. The molecule has 1 fully saturated rings. The summed E-state index contributed by atoms with van der Waals surface area (Å²) in [5.41, 5.74) is 1.26. The van der Waals surface area contributed by atoms with Crippen molar-refractivity contribution in [3.8, 4) is 0 Å². The Morgan fingerprint density at radius 3 is 2.62 bits per heavy atom. The summed E-state index contributed by atoms with van der Waals surface area (Å²) in [7, 11) is 0. The zero-order valence-electron chi connectivity index (χ0n) is 13.1. The van der Waals surface area contributed by atoms with Crippen molar-refractivity contribution in [1.82, 2.24) is 15.5 Å². The standard InChI is InChI=1S/C17H27N3O/c1-3-20(4-2)16(14-9-6-5-7-10-14)13-19-17(21)15-11-8-12-18-15/h5-7,9-10,15-16,18H,3-4,8,11-13H2,1-2H3,(H,19,21)/t15-,16?/m0/s1. The number of nitrogens with one attached hydrogen (secondary N) is 2. The first kappa shape index (κ1) is 16.0. The number of hydrogen-bond donors (Lipinski definition) is 2. The van der Waals surface area contributed by atoms with Gasteiger partial charge < -0.3 is 10.6 Å². The van der Waals surface area contributed by atoms with Crippen LogP contribution in [-0.2, 0) is 4.79 Å². The number of nitrogens with zero attached hydrogens (tertiary/aromatic N) is 1. The van der Waals surface area contributed by atoms with E-state index in [1.165, 1.54) is 5.56 Å². The normalized spacial score (nSPS) is 19.7. The molecule has 0 spiro atoms. The number of likely N-dealkylation sites (N-methyl/N-ethyl adjacent to an activating group) is 1. The van der Waals surface area contributed by atoms with Crippen LogP contribution in [0.4, 0.5) is 0 Å². The predicted molar refractivity (Wildman–Crippen MR) is 86.1 cm³/mol. The fraction of sp³-hybridized carbons (Fsp3) is 0.588. The molecule has 0 aliphatic carbocycles. The van der Waals surface area contributed by atoms with Gasteiger partial charge in [-0.3, -0.25) is 9.69 Å². The van der Waals surface area contributed by atoms with Crippen LogP contribution in [0.3, 0.4) is 0 Å². The predicted octanol–water partition coefficient (Wildman–Crippen LogP) is 1.94. The number of amides is 1. The number of carbonyl (C=O) groups excluding carboxylic acids is 1. The molecule has 1 saturated heterocycles. The summed E-state index contributed by atoms with van der Waals surface area (Å²) in [6.45, 7) is 7.92. The number of rotatable bonds is 7. The Labute approximate surface area is 127 Å². The fourth-order valence-electron chi connectivity index (χ4n) is 3.03. The lowest BCUT2D eigenvalue weighted by molar-refractivity contribution is -0.123. The van der Waals surface area contributed by atoms with E-state index in [9.17, 15) is 4.79 Å². The van der Waals surface area contributed by atoms with Crippen LogP contribution in [0.1, 0.15) is 38.3 Å². The summed E-state index contributed by atoms with van der Waals surface area (Å²) in [5.74, 6) is 0.139. The maximum Gasteiger partial charge on any atom is 0.237 e. The van der Waals surface area contributed by atoms with Gasteiger partial charge in [-0.1, -0.05) is 44.2 Å². The van der Waals surface area contributed by atoms with Crippen molar-refractivity contribution in [2.24, 2.45) is 0 Å². The third-order valence-corrected chi connectivity index (χ3v) is 4.28. The smallest absolute Gasteiger partial charge is 0.237 e. The Balaban J connectivity index is 2.00. The molecule has 2 N–H and O–H groups in total. The highest BCUT2D eigenvalue weighted by atomic mass is 16.2. The molecule has 2 atom stereocenters. The first-order valence-corrected chi connectivity index (χ1v) is 8.06. The van der Waals surface area contributed by atoms with E-state index in [0.29, 0.717) is 6.54 Å². The molecule has 1 unspecified atom stereocenters. The molecule has 0 radical (unpaired) electrons. The van der Waals surface area contributed by atoms with E-state index < -0.39 is 0 Å². The molecule has 1 aromatic carbocycles. The molecule has 1 aliphatic rings. The van der Waals surface area contributed by atoms with Gasteiger partial charge in [0.15, 0.2) is 0 Å². The van der Waals surface area contributed by atoms with E-state index in [1.807, 2.05) is 6.07 Å². The highest BCUT2D eigenvalue weighted by Crippen LogP contribution is 2.19. The van der Waals surface area contributed by atoms with Crippen LogP contribution in [0.5, 0.6) is 0 Å². The van der Waals surface area contributed by atoms with Gasteiger partial charge >= 0.3 is 0 Å². The molecule has 2 rings (SSSR count). The lowest BCUT2D eigenvalue weighted by Crippen LogP contribution is -2.44. The van der Waals surface area contributed by atoms with Crippen molar-refractivity contribution in [3.05, 3.63) is 35.9 Å². The van der Waals surface area contributed by atoms with Crippen molar-refractivity contribution < 1.29 is 4.79 Å². The van der Waals surface area contributed by atoms with Gasteiger partial charge in [0.2, 0.25) is 5.91 Å². The van der Waals surface area contributed by atoms with E-state index in [-0.39, 0.29) is 18.0 Å². The van der Waals surface area contributed by atoms with Crippen molar-refractivity contribution in [3.63, 3.8) is 0 Å². The Morgan fingerprint density at radius 1 is 1.33 bits per heavy atom. The van der Waals surface area contributed by atoms with Gasteiger partial charge in [-0.2, -0.15) is 0 Å². The second kappa shape index (κ2) is 8.15. The molecule has 1 heterocycles. The SMILES string of the molecule is CCN(CC)C(CNC(=O)[C@@H]1CCCN1)c1ccccc1. The van der Waals surface area contributed by atoms with Crippen LogP contribution >= 0.6 is 0 Å². The number of hydrogen-bond acceptors (Lipinski definition) is 3. The highest BCUT2D eigenvalue weighted by Gasteiger charge is 2.24. The maximum absolute atomic E-state index is 12.2. The monoisotopic (exact) mass is 289 g/mol. The lowest BCUT2D eigenvalue weighted by Gasteiger charge is -2.30. The molecule has 116 valence electrons. The van der Waals surface area contributed by atoms with E-state index in [1.54, 1.807) is 0 Å². The molecule has 4 nitrogen and oxygen atoms in total. The zero-order chi connectivity index (χ0) is 15.1. The minimum atomic E-state index is -0.00173. The molecule has 1 aliphatic heterocycles. The largest absolute Gasteiger partial charge is 0.353 e.